The molecule has 2 heterocycles. The van der Waals surface area contributed by atoms with Gasteiger partial charge in [0.15, 0.2) is 10.8 Å². The molecule has 0 saturated carbocycles. The molecule has 0 amide bonds. The molecule has 2 N–H and O–H groups in total. The number of aromatic nitrogens is 1. The summed E-state index contributed by atoms with van der Waals surface area (Å²) >= 11 is 3.43. The van der Waals surface area contributed by atoms with Gasteiger partial charge in [-0.1, -0.05) is 0 Å². The molecule has 0 aromatic carbocycles. The van der Waals surface area contributed by atoms with Gasteiger partial charge < -0.3 is 10.2 Å². The highest BCUT2D eigenvalue weighted by Gasteiger charge is 2.11. The second kappa shape index (κ2) is 5.25. The van der Waals surface area contributed by atoms with Crippen molar-refractivity contribution in [1.82, 2.24) is 4.98 Å². The molecular formula is C12H16N2OS2. The van der Waals surface area contributed by atoms with Gasteiger partial charge >= 0.3 is 0 Å². The summed E-state index contributed by atoms with van der Waals surface area (Å²) in [4.78, 5) is 4.54. The minimum absolute atomic E-state index is 0.121. The molecule has 0 unspecified atom stereocenters. The predicted molar refractivity (Wildman–Crippen MR) is 74.2 cm³/mol. The number of nitrogens with zero attached hydrogens (tertiary/aromatic N) is 1. The van der Waals surface area contributed by atoms with Crippen molar-refractivity contribution in [2.45, 2.75) is 25.1 Å². The number of furan rings is 1. The van der Waals surface area contributed by atoms with Gasteiger partial charge in [0.05, 0.1) is 12.0 Å². The quantitative estimate of drug-likeness (QED) is 0.903. The Bertz CT molecular complexity index is 457. The highest BCUT2D eigenvalue weighted by molar-refractivity contribution is 7.98. The van der Waals surface area contributed by atoms with Gasteiger partial charge in [0, 0.05) is 22.4 Å². The Morgan fingerprint density at radius 2 is 2.35 bits per heavy atom. The van der Waals surface area contributed by atoms with Gasteiger partial charge in [0.25, 0.3) is 0 Å². The largest absolute Gasteiger partial charge is 0.462 e. The number of hydrogen-bond donors (Lipinski definition) is 1. The van der Waals surface area contributed by atoms with E-state index in [4.69, 9.17) is 10.2 Å². The fraction of sp³-hybridized carbons (Fsp3) is 0.417. The average Bonchev–Trinajstić information content (AvgIpc) is 2.83. The van der Waals surface area contributed by atoms with E-state index < -0.39 is 0 Å². The zero-order chi connectivity index (χ0) is 12.3. The molecule has 2 rings (SSSR count). The van der Waals surface area contributed by atoms with Crippen LogP contribution in [0.15, 0.2) is 28.2 Å². The van der Waals surface area contributed by atoms with E-state index in [0.29, 0.717) is 0 Å². The second-order valence-corrected chi connectivity index (χ2v) is 6.45. The fourth-order valence-electron chi connectivity index (χ4n) is 1.31. The zero-order valence-electron chi connectivity index (χ0n) is 9.97. The van der Waals surface area contributed by atoms with E-state index in [9.17, 15) is 0 Å². The fourth-order valence-corrected chi connectivity index (χ4v) is 3.18. The van der Waals surface area contributed by atoms with E-state index in [1.807, 2.05) is 37.7 Å². The Labute approximate surface area is 109 Å². The van der Waals surface area contributed by atoms with Crippen molar-refractivity contribution < 1.29 is 4.42 Å². The van der Waals surface area contributed by atoms with Crippen LogP contribution >= 0.6 is 23.1 Å². The van der Waals surface area contributed by atoms with Crippen molar-refractivity contribution in [3.8, 4) is 10.8 Å². The summed E-state index contributed by atoms with van der Waals surface area (Å²) < 4.78 is 5.31. The Balaban J connectivity index is 1.91. The molecule has 2 aromatic heterocycles. The summed E-state index contributed by atoms with van der Waals surface area (Å²) in [5, 5.41) is 3.02. The van der Waals surface area contributed by atoms with Crippen LogP contribution in [-0.2, 0) is 5.75 Å². The molecule has 92 valence electrons. The SMILES string of the molecule is CC(C)(N)CSCc1csc(-c2ccco2)n1. The highest BCUT2D eigenvalue weighted by Crippen LogP contribution is 2.26. The van der Waals surface area contributed by atoms with Crippen LogP contribution in [0.3, 0.4) is 0 Å². The molecule has 0 atom stereocenters. The summed E-state index contributed by atoms with van der Waals surface area (Å²) in [6.45, 7) is 4.07. The lowest BCUT2D eigenvalue weighted by molar-refractivity contribution is 0.581. The Kier molecular flexibility index (Phi) is 3.91. The zero-order valence-corrected chi connectivity index (χ0v) is 11.6. The normalized spacial score (nSPS) is 11.9. The minimum atomic E-state index is -0.121. The van der Waals surface area contributed by atoms with Crippen LogP contribution in [0.2, 0.25) is 0 Å². The average molecular weight is 268 g/mol. The lowest BCUT2D eigenvalue weighted by Gasteiger charge is -2.16. The topological polar surface area (TPSA) is 52.0 Å². The lowest BCUT2D eigenvalue weighted by Crippen LogP contribution is -2.34. The van der Waals surface area contributed by atoms with E-state index in [1.165, 1.54) is 0 Å². The van der Waals surface area contributed by atoms with Crippen molar-refractivity contribution in [3.05, 3.63) is 29.5 Å². The monoisotopic (exact) mass is 268 g/mol. The Hall–Kier alpha value is -0.780. The first-order chi connectivity index (χ1) is 8.04. The van der Waals surface area contributed by atoms with Gasteiger partial charge in [0.2, 0.25) is 0 Å². The standard InChI is InChI=1S/C12H16N2OS2/c1-12(2,13)8-16-6-9-7-17-11(14-9)10-4-3-5-15-10/h3-5,7H,6,8,13H2,1-2H3. The number of thioether (sulfide) groups is 1. The van der Waals surface area contributed by atoms with Gasteiger partial charge in [-0.05, 0) is 26.0 Å². The van der Waals surface area contributed by atoms with Gasteiger partial charge in [0.1, 0.15) is 0 Å². The predicted octanol–water partition coefficient (Wildman–Crippen LogP) is 3.37. The van der Waals surface area contributed by atoms with Crippen LogP contribution in [0.5, 0.6) is 0 Å². The summed E-state index contributed by atoms with van der Waals surface area (Å²) in [6.07, 6.45) is 1.67. The van der Waals surface area contributed by atoms with Crippen molar-refractivity contribution in [1.29, 1.82) is 0 Å². The molecule has 0 aliphatic carbocycles. The van der Waals surface area contributed by atoms with Crippen LogP contribution in [-0.4, -0.2) is 16.3 Å². The van der Waals surface area contributed by atoms with Crippen LogP contribution in [0.25, 0.3) is 10.8 Å². The third-order valence-electron chi connectivity index (χ3n) is 2.01. The third-order valence-corrected chi connectivity index (χ3v) is 4.36. The Morgan fingerprint density at radius 3 is 3.00 bits per heavy atom. The molecule has 2 aromatic rings. The number of nitrogens with two attached hydrogens (primary N) is 1. The van der Waals surface area contributed by atoms with E-state index in [-0.39, 0.29) is 5.54 Å². The molecule has 5 heteroatoms. The minimum Gasteiger partial charge on any atom is -0.462 e. The molecule has 0 aliphatic heterocycles. The van der Waals surface area contributed by atoms with E-state index >= 15 is 0 Å². The molecule has 0 spiro atoms. The van der Waals surface area contributed by atoms with E-state index in [0.717, 1.165) is 28.0 Å². The van der Waals surface area contributed by atoms with Gasteiger partial charge in [-0.2, -0.15) is 11.8 Å². The molecular weight excluding hydrogens is 252 g/mol. The van der Waals surface area contributed by atoms with Gasteiger partial charge in [-0.25, -0.2) is 4.98 Å². The Morgan fingerprint density at radius 1 is 1.53 bits per heavy atom. The van der Waals surface area contributed by atoms with Crippen molar-refractivity contribution in [3.63, 3.8) is 0 Å². The number of thiazole rings is 1. The number of rotatable bonds is 5. The van der Waals surface area contributed by atoms with Crippen molar-refractivity contribution >= 4 is 23.1 Å². The van der Waals surface area contributed by atoms with Crippen LogP contribution in [0.4, 0.5) is 0 Å². The molecule has 0 fully saturated rings. The summed E-state index contributed by atoms with van der Waals surface area (Å²) in [6, 6.07) is 3.81. The first-order valence-electron chi connectivity index (χ1n) is 5.39. The van der Waals surface area contributed by atoms with Crippen LogP contribution < -0.4 is 5.73 Å². The summed E-state index contributed by atoms with van der Waals surface area (Å²) in [7, 11) is 0. The van der Waals surface area contributed by atoms with Crippen LogP contribution in [0.1, 0.15) is 19.5 Å². The maximum atomic E-state index is 5.93. The van der Waals surface area contributed by atoms with Gasteiger partial charge in [-0.15, -0.1) is 11.3 Å². The van der Waals surface area contributed by atoms with Crippen LogP contribution in [0, 0.1) is 0 Å². The summed E-state index contributed by atoms with van der Waals surface area (Å²) in [5.74, 6) is 2.67. The third kappa shape index (κ3) is 3.87. The maximum absolute atomic E-state index is 5.93. The van der Waals surface area contributed by atoms with E-state index in [1.54, 1.807) is 17.6 Å². The molecule has 0 saturated heterocycles. The molecule has 0 radical (unpaired) electrons. The van der Waals surface area contributed by atoms with Crippen molar-refractivity contribution in [2.24, 2.45) is 5.73 Å². The first kappa shape index (κ1) is 12.7. The van der Waals surface area contributed by atoms with E-state index in [2.05, 4.69) is 10.4 Å². The smallest absolute Gasteiger partial charge is 0.162 e. The summed E-state index contributed by atoms with van der Waals surface area (Å²) in [5.41, 5.74) is 6.90. The highest BCUT2D eigenvalue weighted by atomic mass is 32.2. The molecule has 17 heavy (non-hydrogen) atoms. The molecule has 3 nitrogen and oxygen atoms in total. The lowest BCUT2D eigenvalue weighted by atomic mass is 10.1. The van der Waals surface area contributed by atoms with Crippen molar-refractivity contribution in [2.75, 3.05) is 5.75 Å². The van der Waals surface area contributed by atoms with Gasteiger partial charge in [-0.3, -0.25) is 0 Å². The molecule has 0 aliphatic rings. The second-order valence-electron chi connectivity index (χ2n) is 4.60. The molecule has 0 bridgehead atoms. The number of hydrogen-bond acceptors (Lipinski definition) is 5. The first-order valence-corrected chi connectivity index (χ1v) is 7.43. The maximum Gasteiger partial charge on any atom is 0.162 e.